The molecule has 0 atom stereocenters. The Bertz CT molecular complexity index is 778. The molecule has 4 rings (SSSR count). The molecule has 1 aromatic heterocycles. The molecule has 1 N–H and O–H groups in total. The lowest BCUT2D eigenvalue weighted by Gasteiger charge is -2.31. The van der Waals surface area contributed by atoms with Crippen molar-refractivity contribution in [2.45, 2.75) is 31.7 Å². The van der Waals surface area contributed by atoms with E-state index in [-0.39, 0.29) is 17.9 Å². The fraction of sp³-hybridized carbons (Fsp3) is 0.550. The van der Waals surface area contributed by atoms with E-state index >= 15 is 0 Å². The number of ether oxygens (including phenoxy) is 2. The first kappa shape index (κ1) is 18.7. The van der Waals surface area contributed by atoms with E-state index in [1.807, 2.05) is 24.3 Å². The minimum atomic E-state index is 0.0445. The van der Waals surface area contributed by atoms with Gasteiger partial charge in [-0.3, -0.25) is 4.79 Å². The minimum absolute atomic E-state index is 0.0445. The van der Waals surface area contributed by atoms with Gasteiger partial charge in [0.05, 0.1) is 7.11 Å². The second kappa shape index (κ2) is 8.60. The molecule has 0 unspecified atom stereocenters. The third-order valence-corrected chi connectivity index (χ3v) is 5.47. The number of anilines is 1. The Morgan fingerprint density at radius 2 is 1.86 bits per heavy atom. The van der Waals surface area contributed by atoms with Gasteiger partial charge in [0.25, 0.3) is 0 Å². The molecule has 0 saturated carbocycles. The number of carbonyl (C=O) groups excluding carboxylic acids is 1. The van der Waals surface area contributed by atoms with Crippen LogP contribution in [0, 0.1) is 5.92 Å². The highest BCUT2D eigenvalue weighted by Crippen LogP contribution is 2.26. The van der Waals surface area contributed by atoms with Gasteiger partial charge in [0.2, 0.25) is 11.7 Å². The Morgan fingerprint density at radius 1 is 1.14 bits per heavy atom. The summed E-state index contributed by atoms with van der Waals surface area (Å²) < 4.78 is 16.0. The number of aromatic nitrogens is 2. The van der Waals surface area contributed by atoms with Gasteiger partial charge in [0.15, 0.2) is 0 Å². The molecule has 1 amide bonds. The van der Waals surface area contributed by atoms with Crippen LogP contribution in [-0.2, 0) is 9.53 Å². The van der Waals surface area contributed by atoms with E-state index in [1.165, 1.54) is 0 Å². The van der Waals surface area contributed by atoms with Gasteiger partial charge in [0.1, 0.15) is 5.75 Å². The zero-order valence-corrected chi connectivity index (χ0v) is 16.1. The molecule has 2 fully saturated rings. The Labute approximate surface area is 164 Å². The first-order chi connectivity index (χ1) is 13.7. The maximum atomic E-state index is 12.5. The molecule has 2 aliphatic heterocycles. The van der Waals surface area contributed by atoms with Gasteiger partial charge in [-0.05, 0) is 49.9 Å². The third kappa shape index (κ3) is 4.27. The number of nitrogens with zero attached hydrogens (tertiary/aromatic N) is 3. The van der Waals surface area contributed by atoms with Gasteiger partial charge in [-0.1, -0.05) is 5.16 Å². The van der Waals surface area contributed by atoms with E-state index in [4.69, 9.17) is 14.0 Å². The quantitative estimate of drug-likeness (QED) is 0.843. The Morgan fingerprint density at radius 3 is 2.54 bits per heavy atom. The summed E-state index contributed by atoms with van der Waals surface area (Å²) >= 11 is 0. The maximum absolute atomic E-state index is 12.5. The number of hydrogen-bond donors (Lipinski definition) is 1. The van der Waals surface area contributed by atoms with Crippen LogP contribution in [0.1, 0.15) is 25.7 Å². The summed E-state index contributed by atoms with van der Waals surface area (Å²) in [5.41, 5.74) is 0.876. The Hall–Kier alpha value is -2.61. The van der Waals surface area contributed by atoms with Crippen molar-refractivity contribution in [1.82, 2.24) is 15.5 Å². The number of hydrogen-bond acceptors (Lipinski definition) is 7. The lowest BCUT2D eigenvalue weighted by Crippen LogP contribution is -2.45. The molecule has 0 spiro atoms. The number of rotatable bonds is 5. The van der Waals surface area contributed by atoms with Gasteiger partial charge in [-0.25, -0.2) is 0 Å². The van der Waals surface area contributed by atoms with E-state index in [9.17, 15) is 4.79 Å². The van der Waals surface area contributed by atoms with Crippen LogP contribution in [0.25, 0.3) is 11.4 Å². The Balaban J connectivity index is 1.31. The number of benzene rings is 1. The van der Waals surface area contributed by atoms with Crippen molar-refractivity contribution in [3.63, 3.8) is 0 Å². The molecule has 0 aliphatic carbocycles. The van der Waals surface area contributed by atoms with Crippen LogP contribution in [-0.4, -0.2) is 55.5 Å². The summed E-state index contributed by atoms with van der Waals surface area (Å²) in [5.74, 6) is 1.55. The molecule has 1 aromatic carbocycles. The van der Waals surface area contributed by atoms with Crippen molar-refractivity contribution in [1.29, 1.82) is 0 Å². The number of carbonyl (C=O) groups is 1. The fourth-order valence-electron chi connectivity index (χ4n) is 3.70. The molecular weight excluding hydrogens is 360 g/mol. The largest absolute Gasteiger partial charge is 0.497 e. The molecule has 28 heavy (non-hydrogen) atoms. The molecule has 2 aromatic rings. The molecule has 8 nitrogen and oxygen atoms in total. The minimum Gasteiger partial charge on any atom is -0.497 e. The smallest absolute Gasteiger partial charge is 0.324 e. The predicted molar refractivity (Wildman–Crippen MR) is 103 cm³/mol. The van der Waals surface area contributed by atoms with Gasteiger partial charge >= 0.3 is 6.01 Å². The van der Waals surface area contributed by atoms with Crippen LogP contribution in [0.2, 0.25) is 0 Å². The van der Waals surface area contributed by atoms with Crippen LogP contribution in [0.4, 0.5) is 6.01 Å². The van der Waals surface area contributed by atoms with Crippen molar-refractivity contribution in [2.24, 2.45) is 5.92 Å². The van der Waals surface area contributed by atoms with E-state index in [0.29, 0.717) is 11.8 Å². The van der Waals surface area contributed by atoms with E-state index in [0.717, 1.165) is 63.3 Å². The average molecular weight is 386 g/mol. The SMILES string of the molecule is COc1ccc(-c2noc(N3CCC(C(=O)NC4CCOCC4)CC3)n2)cc1. The van der Waals surface area contributed by atoms with Gasteiger partial charge in [-0.15, -0.1) is 0 Å². The fourth-order valence-corrected chi connectivity index (χ4v) is 3.70. The van der Waals surface area contributed by atoms with Crippen molar-refractivity contribution < 1.29 is 18.8 Å². The summed E-state index contributed by atoms with van der Waals surface area (Å²) in [5, 5.41) is 7.27. The van der Waals surface area contributed by atoms with Crippen LogP contribution in [0.3, 0.4) is 0 Å². The van der Waals surface area contributed by atoms with Gasteiger partial charge in [0, 0.05) is 43.8 Å². The van der Waals surface area contributed by atoms with Crippen LogP contribution < -0.4 is 15.0 Å². The average Bonchev–Trinajstić information content (AvgIpc) is 3.25. The number of nitrogens with one attached hydrogen (secondary N) is 1. The number of methoxy groups -OCH3 is 1. The van der Waals surface area contributed by atoms with Crippen LogP contribution >= 0.6 is 0 Å². The molecule has 2 aliphatic rings. The number of piperidine rings is 1. The van der Waals surface area contributed by atoms with Crippen molar-refractivity contribution in [3.05, 3.63) is 24.3 Å². The Kier molecular flexibility index (Phi) is 5.76. The normalized spacial score (nSPS) is 18.8. The highest BCUT2D eigenvalue weighted by atomic mass is 16.5. The maximum Gasteiger partial charge on any atom is 0.324 e. The highest BCUT2D eigenvalue weighted by molar-refractivity contribution is 5.79. The molecule has 3 heterocycles. The van der Waals surface area contributed by atoms with Crippen LogP contribution in [0.5, 0.6) is 5.75 Å². The summed E-state index contributed by atoms with van der Waals surface area (Å²) in [7, 11) is 1.63. The summed E-state index contributed by atoms with van der Waals surface area (Å²) in [6.07, 6.45) is 3.38. The molecule has 8 heteroatoms. The lowest BCUT2D eigenvalue weighted by molar-refractivity contribution is -0.126. The second-order valence-corrected chi connectivity index (χ2v) is 7.29. The van der Waals surface area contributed by atoms with E-state index < -0.39 is 0 Å². The van der Waals surface area contributed by atoms with Crippen LogP contribution in [0.15, 0.2) is 28.8 Å². The van der Waals surface area contributed by atoms with E-state index in [2.05, 4.69) is 20.4 Å². The van der Waals surface area contributed by atoms with Gasteiger partial charge in [-0.2, -0.15) is 4.98 Å². The number of amides is 1. The van der Waals surface area contributed by atoms with Crippen molar-refractivity contribution >= 4 is 11.9 Å². The molecule has 0 radical (unpaired) electrons. The zero-order chi connectivity index (χ0) is 19.3. The molecule has 2 saturated heterocycles. The zero-order valence-electron chi connectivity index (χ0n) is 16.1. The highest BCUT2D eigenvalue weighted by Gasteiger charge is 2.29. The first-order valence-corrected chi connectivity index (χ1v) is 9.84. The third-order valence-electron chi connectivity index (χ3n) is 5.47. The van der Waals surface area contributed by atoms with Crippen molar-refractivity contribution in [3.8, 4) is 17.1 Å². The topological polar surface area (TPSA) is 89.7 Å². The summed E-state index contributed by atoms with van der Waals surface area (Å²) in [6, 6.07) is 8.30. The molecule has 0 bridgehead atoms. The second-order valence-electron chi connectivity index (χ2n) is 7.29. The summed E-state index contributed by atoms with van der Waals surface area (Å²) in [4.78, 5) is 19.1. The predicted octanol–water partition coefficient (Wildman–Crippen LogP) is 2.26. The standard InChI is InChI=1S/C20H26N4O4/c1-26-17-4-2-14(3-5-17)18-22-20(28-23-18)24-10-6-15(7-11-24)19(25)21-16-8-12-27-13-9-16/h2-5,15-16H,6-13H2,1H3,(H,21,25). The van der Waals surface area contributed by atoms with Gasteiger partial charge < -0.3 is 24.2 Å². The monoisotopic (exact) mass is 386 g/mol. The lowest BCUT2D eigenvalue weighted by atomic mass is 9.95. The molecular formula is C20H26N4O4. The molecule has 150 valence electrons. The van der Waals surface area contributed by atoms with E-state index in [1.54, 1.807) is 7.11 Å². The summed E-state index contributed by atoms with van der Waals surface area (Å²) in [6.45, 7) is 2.93. The van der Waals surface area contributed by atoms with Crippen molar-refractivity contribution in [2.75, 3.05) is 38.3 Å². The first-order valence-electron chi connectivity index (χ1n) is 9.84.